The SMILES string of the molecule is COc1ccc(C(C(=O)N2CCC(C)CC2)n2cnc(NC(=O)C(COCc3ccccc3)NC(=O)C(C)(C)NC(=O)OC(C)(C)C)c2)cc1. The van der Waals surface area contributed by atoms with Crippen LogP contribution in [-0.4, -0.2) is 82.3 Å². The molecule has 1 aliphatic rings. The third-order valence-electron chi connectivity index (χ3n) is 8.31. The Balaban J connectivity index is 1.53. The summed E-state index contributed by atoms with van der Waals surface area (Å²) in [6.45, 7) is 11.7. The fraction of sp³-hybridized carbons (Fsp3) is 0.486. The first-order valence-corrected chi connectivity index (χ1v) is 16.9. The molecule has 1 fully saturated rings. The molecule has 3 aromatic rings. The van der Waals surface area contributed by atoms with E-state index in [0.29, 0.717) is 24.8 Å². The van der Waals surface area contributed by atoms with E-state index in [1.807, 2.05) is 47.4 Å². The Morgan fingerprint density at radius 3 is 2.24 bits per heavy atom. The van der Waals surface area contributed by atoms with Gasteiger partial charge in [0, 0.05) is 19.3 Å². The maximum absolute atomic E-state index is 14.0. The van der Waals surface area contributed by atoms with Crippen molar-refractivity contribution < 1.29 is 33.4 Å². The second-order valence-corrected chi connectivity index (χ2v) is 14.2. The molecule has 2 aromatic carbocycles. The van der Waals surface area contributed by atoms with Gasteiger partial charge in [0.05, 0.1) is 26.7 Å². The van der Waals surface area contributed by atoms with E-state index in [2.05, 4.69) is 27.9 Å². The van der Waals surface area contributed by atoms with Crippen molar-refractivity contribution in [3.8, 4) is 5.75 Å². The van der Waals surface area contributed by atoms with Gasteiger partial charge < -0.3 is 39.6 Å². The number of likely N-dealkylation sites (tertiary alicyclic amines) is 1. The summed E-state index contributed by atoms with van der Waals surface area (Å²) >= 11 is 0. The number of amides is 4. The predicted octanol–water partition coefficient (Wildman–Crippen LogP) is 4.68. The number of hydrogen-bond donors (Lipinski definition) is 3. The van der Waals surface area contributed by atoms with Gasteiger partial charge in [-0.25, -0.2) is 9.78 Å². The Morgan fingerprint density at radius 1 is 0.960 bits per heavy atom. The number of hydrogen-bond acceptors (Lipinski definition) is 8. The van der Waals surface area contributed by atoms with Crippen molar-refractivity contribution in [3.63, 3.8) is 0 Å². The molecule has 13 nitrogen and oxygen atoms in total. The van der Waals surface area contributed by atoms with Crippen LogP contribution in [0, 0.1) is 5.92 Å². The molecule has 1 aliphatic heterocycles. The number of imidazole rings is 1. The van der Waals surface area contributed by atoms with Crippen LogP contribution in [0.3, 0.4) is 0 Å². The smallest absolute Gasteiger partial charge is 0.408 e. The van der Waals surface area contributed by atoms with Gasteiger partial charge in [0.1, 0.15) is 29.0 Å². The van der Waals surface area contributed by atoms with Gasteiger partial charge in [-0.2, -0.15) is 0 Å². The molecular weight excluding hydrogens is 640 g/mol. The molecule has 0 saturated carbocycles. The molecule has 3 N–H and O–H groups in total. The lowest BCUT2D eigenvalue weighted by molar-refractivity contribution is -0.135. The first-order chi connectivity index (χ1) is 23.6. The predicted molar refractivity (Wildman–Crippen MR) is 188 cm³/mol. The number of piperidine rings is 1. The van der Waals surface area contributed by atoms with Crippen molar-refractivity contribution in [2.75, 3.05) is 32.1 Å². The van der Waals surface area contributed by atoms with E-state index < -0.39 is 41.1 Å². The summed E-state index contributed by atoms with van der Waals surface area (Å²) in [6.07, 6.45) is 4.17. The summed E-state index contributed by atoms with van der Waals surface area (Å²) < 4.78 is 18.2. The molecule has 0 bridgehead atoms. The minimum Gasteiger partial charge on any atom is -0.497 e. The van der Waals surface area contributed by atoms with Gasteiger partial charge in [0.25, 0.3) is 5.91 Å². The summed E-state index contributed by atoms with van der Waals surface area (Å²) in [5, 5.41) is 8.04. The normalized spacial score (nSPS) is 15.1. The average Bonchev–Trinajstić information content (AvgIpc) is 3.51. The molecule has 2 heterocycles. The summed E-state index contributed by atoms with van der Waals surface area (Å²) in [6, 6.07) is 14.8. The quantitative estimate of drug-likeness (QED) is 0.234. The van der Waals surface area contributed by atoms with Crippen LogP contribution in [-0.2, 0) is 30.5 Å². The fourth-order valence-corrected chi connectivity index (χ4v) is 5.39. The molecule has 13 heteroatoms. The number of ether oxygens (including phenoxy) is 3. The van der Waals surface area contributed by atoms with Crippen LogP contribution in [0.2, 0.25) is 0 Å². The summed E-state index contributed by atoms with van der Waals surface area (Å²) in [4.78, 5) is 59.8. The molecule has 50 heavy (non-hydrogen) atoms. The highest BCUT2D eigenvalue weighted by Crippen LogP contribution is 2.27. The van der Waals surface area contributed by atoms with Gasteiger partial charge in [-0.15, -0.1) is 0 Å². The Labute approximate surface area is 294 Å². The third-order valence-corrected chi connectivity index (χ3v) is 8.31. The second kappa shape index (κ2) is 16.7. The van der Waals surface area contributed by atoms with E-state index in [4.69, 9.17) is 14.2 Å². The maximum Gasteiger partial charge on any atom is 0.408 e. The highest BCUT2D eigenvalue weighted by atomic mass is 16.6. The number of nitrogens with zero attached hydrogens (tertiary/aromatic N) is 3. The molecule has 1 aromatic heterocycles. The van der Waals surface area contributed by atoms with E-state index in [9.17, 15) is 19.2 Å². The van der Waals surface area contributed by atoms with Crippen molar-refractivity contribution in [2.24, 2.45) is 5.92 Å². The van der Waals surface area contributed by atoms with Crippen LogP contribution >= 0.6 is 0 Å². The minimum atomic E-state index is -1.43. The summed E-state index contributed by atoms with van der Waals surface area (Å²) in [5.41, 5.74) is -0.568. The van der Waals surface area contributed by atoms with Crippen LogP contribution in [0.25, 0.3) is 0 Å². The Hall–Kier alpha value is -4.91. The Kier molecular flexibility index (Phi) is 12.6. The van der Waals surface area contributed by atoms with Crippen LogP contribution in [0.4, 0.5) is 10.6 Å². The van der Waals surface area contributed by atoms with E-state index in [1.54, 1.807) is 50.8 Å². The zero-order valence-corrected chi connectivity index (χ0v) is 30.0. The standard InChI is InChI=1S/C37H50N6O7/c1-25-17-19-42(20-18-25)33(45)31(27-13-15-28(48-7)16-14-27)43-21-30(38-24-43)40-32(44)29(23-49-22-26-11-9-8-10-12-26)39-34(46)37(5,6)41-35(47)50-36(2,3)4/h8-16,21,24-25,29,31H,17-20,22-23H2,1-7H3,(H,39,46)(H,40,44)(H,41,47). The minimum absolute atomic E-state index is 0.0727. The largest absolute Gasteiger partial charge is 0.497 e. The Morgan fingerprint density at radius 2 is 1.62 bits per heavy atom. The maximum atomic E-state index is 14.0. The number of nitrogens with one attached hydrogen (secondary N) is 3. The Bertz CT molecular complexity index is 1590. The summed E-state index contributed by atoms with van der Waals surface area (Å²) in [5.74, 6) is 0.105. The molecule has 0 aliphatic carbocycles. The highest BCUT2D eigenvalue weighted by Gasteiger charge is 2.35. The van der Waals surface area contributed by atoms with Crippen molar-refractivity contribution in [1.29, 1.82) is 0 Å². The first kappa shape index (κ1) is 37.9. The number of alkyl carbamates (subject to hydrolysis) is 1. The number of carbonyl (C=O) groups excluding carboxylic acids is 4. The highest BCUT2D eigenvalue weighted by molar-refractivity contribution is 5.98. The van der Waals surface area contributed by atoms with Gasteiger partial charge in [0.15, 0.2) is 5.82 Å². The number of carbonyl (C=O) groups is 4. The van der Waals surface area contributed by atoms with E-state index in [0.717, 1.165) is 24.0 Å². The zero-order chi connectivity index (χ0) is 36.5. The summed E-state index contributed by atoms with van der Waals surface area (Å²) in [7, 11) is 1.58. The lowest BCUT2D eigenvalue weighted by Crippen LogP contribution is -2.59. The lowest BCUT2D eigenvalue weighted by atomic mass is 9.97. The van der Waals surface area contributed by atoms with Crippen molar-refractivity contribution >= 4 is 29.6 Å². The molecule has 1 saturated heterocycles. The number of methoxy groups -OCH3 is 1. The molecule has 2 unspecified atom stereocenters. The van der Waals surface area contributed by atoms with Gasteiger partial charge in [-0.05, 0) is 76.6 Å². The van der Waals surface area contributed by atoms with Crippen molar-refractivity contribution in [3.05, 3.63) is 78.2 Å². The monoisotopic (exact) mass is 690 g/mol. The van der Waals surface area contributed by atoms with Gasteiger partial charge in [0.2, 0.25) is 11.8 Å². The zero-order valence-electron chi connectivity index (χ0n) is 30.0. The van der Waals surface area contributed by atoms with Crippen molar-refractivity contribution in [2.45, 2.75) is 84.2 Å². The molecule has 4 rings (SSSR count). The number of aromatic nitrogens is 2. The van der Waals surface area contributed by atoms with E-state index in [1.165, 1.54) is 20.2 Å². The van der Waals surface area contributed by atoms with Crippen LogP contribution in [0.1, 0.15) is 71.6 Å². The molecule has 0 radical (unpaired) electrons. The van der Waals surface area contributed by atoms with E-state index in [-0.39, 0.29) is 24.9 Å². The van der Waals surface area contributed by atoms with Crippen LogP contribution in [0.15, 0.2) is 67.1 Å². The fourth-order valence-electron chi connectivity index (χ4n) is 5.39. The second-order valence-electron chi connectivity index (χ2n) is 14.2. The third kappa shape index (κ3) is 10.8. The number of anilines is 1. The number of benzene rings is 2. The number of rotatable bonds is 13. The van der Waals surface area contributed by atoms with Gasteiger partial charge in [-0.3, -0.25) is 14.4 Å². The molecule has 4 amide bonds. The van der Waals surface area contributed by atoms with Gasteiger partial charge >= 0.3 is 6.09 Å². The van der Waals surface area contributed by atoms with Crippen LogP contribution in [0.5, 0.6) is 5.75 Å². The lowest BCUT2D eigenvalue weighted by Gasteiger charge is -2.33. The molecule has 2 atom stereocenters. The molecular formula is C37H50N6O7. The molecule has 0 spiro atoms. The average molecular weight is 691 g/mol. The molecule has 270 valence electrons. The van der Waals surface area contributed by atoms with Crippen molar-refractivity contribution in [1.82, 2.24) is 25.1 Å². The van der Waals surface area contributed by atoms with Gasteiger partial charge in [-0.1, -0.05) is 49.4 Å². The van der Waals surface area contributed by atoms with E-state index >= 15 is 0 Å². The topological polar surface area (TPSA) is 153 Å². The van der Waals surface area contributed by atoms with Crippen LogP contribution < -0.4 is 20.7 Å². The first-order valence-electron chi connectivity index (χ1n) is 16.9.